The first kappa shape index (κ1) is 32.3. The molecular weight excluding hydrogens is 627 g/mol. The molecule has 0 atom stereocenters. The van der Waals surface area contributed by atoms with Crippen LogP contribution in [0.25, 0.3) is 22.4 Å². The number of benzene rings is 2. The van der Waals surface area contributed by atoms with Crippen LogP contribution in [0.15, 0.2) is 48.7 Å². The zero-order valence-electron chi connectivity index (χ0n) is 25.8. The van der Waals surface area contributed by atoms with Gasteiger partial charge < -0.3 is 20.3 Å². The molecule has 10 nitrogen and oxygen atoms in total. The number of halogens is 2. The van der Waals surface area contributed by atoms with Gasteiger partial charge in [-0.05, 0) is 36.6 Å². The number of ether oxygens (including phenoxy) is 1. The number of hydrogen-bond acceptors (Lipinski definition) is 9. The predicted molar refractivity (Wildman–Crippen MR) is 178 cm³/mol. The van der Waals surface area contributed by atoms with Crippen LogP contribution in [0.5, 0.6) is 5.88 Å². The van der Waals surface area contributed by atoms with E-state index in [-0.39, 0.29) is 19.1 Å². The van der Waals surface area contributed by atoms with Gasteiger partial charge >= 0.3 is 0 Å². The van der Waals surface area contributed by atoms with Gasteiger partial charge in [-0.25, -0.2) is 9.97 Å². The molecule has 1 saturated heterocycles. The number of nitrogens with zero attached hydrogens (tertiary/aromatic N) is 5. The normalized spacial score (nSPS) is 15.3. The second-order valence-corrected chi connectivity index (χ2v) is 12.5. The maximum atomic E-state index is 13.4. The number of aliphatic hydroxyl groups is 2. The van der Waals surface area contributed by atoms with E-state index in [0.29, 0.717) is 80.9 Å². The summed E-state index contributed by atoms with van der Waals surface area (Å²) in [5.41, 5.74) is 7.03. The Bertz CT molecular complexity index is 1760. The number of aromatic nitrogens is 3. The highest BCUT2D eigenvalue weighted by atomic mass is 35.5. The molecule has 2 aliphatic heterocycles. The van der Waals surface area contributed by atoms with Gasteiger partial charge in [0, 0.05) is 68.5 Å². The molecular formula is C34H36Cl2N6O4. The van der Waals surface area contributed by atoms with Gasteiger partial charge in [-0.3, -0.25) is 19.6 Å². The van der Waals surface area contributed by atoms with Crippen molar-refractivity contribution in [2.45, 2.75) is 26.4 Å². The molecule has 0 saturated carbocycles. The first-order chi connectivity index (χ1) is 22.3. The van der Waals surface area contributed by atoms with E-state index in [9.17, 15) is 15.0 Å². The molecule has 0 spiro atoms. The average Bonchev–Trinajstić information content (AvgIpc) is 3.04. The summed E-state index contributed by atoms with van der Waals surface area (Å²) >= 11 is 13.9. The van der Waals surface area contributed by atoms with Gasteiger partial charge in [0.15, 0.2) is 0 Å². The highest BCUT2D eigenvalue weighted by molar-refractivity contribution is 6.39. The fraction of sp³-hybridized carbons (Fsp3) is 0.353. The topological polar surface area (TPSA) is 124 Å². The molecule has 1 amide bonds. The number of amides is 1. The number of carbonyl (C=O) groups is 1. The lowest BCUT2D eigenvalue weighted by Gasteiger charge is -2.37. The Morgan fingerprint density at radius 1 is 1.04 bits per heavy atom. The first-order valence-electron chi connectivity index (χ1n) is 15.2. The van der Waals surface area contributed by atoms with E-state index < -0.39 is 0 Å². The number of fused-ring (bicyclic) bond motifs is 1. The average molecular weight is 664 g/mol. The molecule has 12 heteroatoms. The Hall–Kier alpha value is -3.64. The van der Waals surface area contributed by atoms with Crippen LogP contribution in [0, 0.1) is 12.8 Å². The summed E-state index contributed by atoms with van der Waals surface area (Å²) < 4.78 is 5.58. The number of β-amino-alcohol motifs (C(OH)–C–C–N with tert-alkyl or cyclic N) is 1. The van der Waals surface area contributed by atoms with E-state index in [4.69, 9.17) is 32.9 Å². The number of nitrogens with one attached hydrogen (secondary N) is 1. The van der Waals surface area contributed by atoms with E-state index in [2.05, 4.69) is 25.1 Å². The number of pyridine rings is 1. The zero-order valence-corrected chi connectivity index (χ0v) is 27.3. The molecule has 0 radical (unpaired) electrons. The summed E-state index contributed by atoms with van der Waals surface area (Å²) in [5, 5.41) is 22.4. The van der Waals surface area contributed by atoms with E-state index in [1.54, 1.807) is 19.4 Å². The van der Waals surface area contributed by atoms with Crippen LogP contribution in [-0.2, 0) is 19.5 Å². The van der Waals surface area contributed by atoms with Crippen LogP contribution >= 0.6 is 23.2 Å². The van der Waals surface area contributed by atoms with Gasteiger partial charge in [0.2, 0.25) is 5.88 Å². The number of carbonyl (C=O) groups excluding carboxylic acids is 1. The fourth-order valence-electron chi connectivity index (χ4n) is 6.14. The second-order valence-electron chi connectivity index (χ2n) is 11.7. The van der Waals surface area contributed by atoms with Crippen molar-refractivity contribution in [1.29, 1.82) is 0 Å². The molecule has 46 heavy (non-hydrogen) atoms. The van der Waals surface area contributed by atoms with Crippen molar-refractivity contribution in [2.75, 3.05) is 51.8 Å². The van der Waals surface area contributed by atoms with Crippen molar-refractivity contribution >= 4 is 34.8 Å². The van der Waals surface area contributed by atoms with Gasteiger partial charge in [0.05, 0.1) is 47.0 Å². The molecule has 4 aromatic rings. The lowest BCUT2D eigenvalue weighted by molar-refractivity contribution is 0.0462. The van der Waals surface area contributed by atoms with Crippen LogP contribution in [0.1, 0.15) is 33.0 Å². The Labute approximate surface area is 278 Å². The molecule has 1 fully saturated rings. The number of anilines is 1. The smallest absolute Gasteiger partial charge is 0.274 e. The summed E-state index contributed by atoms with van der Waals surface area (Å²) in [6.45, 7) is 6.47. The summed E-state index contributed by atoms with van der Waals surface area (Å²) in [5.74, 6) is 0.352. The Balaban J connectivity index is 1.24. The van der Waals surface area contributed by atoms with Crippen LogP contribution in [0.3, 0.4) is 0 Å². The third-order valence-electron chi connectivity index (χ3n) is 8.61. The quantitative estimate of drug-likeness (QED) is 0.218. The van der Waals surface area contributed by atoms with E-state index in [0.717, 1.165) is 42.9 Å². The van der Waals surface area contributed by atoms with Crippen molar-refractivity contribution < 1.29 is 19.7 Å². The Morgan fingerprint density at radius 2 is 1.78 bits per heavy atom. The number of aryl methyl sites for hydroxylation is 1. The van der Waals surface area contributed by atoms with Gasteiger partial charge in [0.25, 0.3) is 5.91 Å². The maximum Gasteiger partial charge on any atom is 0.274 e. The van der Waals surface area contributed by atoms with E-state index >= 15 is 0 Å². The van der Waals surface area contributed by atoms with Crippen molar-refractivity contribution in [1.82, 2.24) is 24.8 Å². The Kier molecular flexibility index (Phi) is 9.84. The number of methoxy groups -OCH3 is 1. The summed E-state index contributed by atoms with van der Waals surface area (Å²) in [4.78, 5) is 31.8. The highest BCUT2D eigenvalue weighted by Gasteiger charge is 2.28. The van der Waals surface area contributed by atoms with Gasteiger partial charge in [-0.15, -0.1) is 0 Å². The summed E-state index contributed by atoms with van der Waals surface area (Å²) in [7, 11) is 1.56. The first-order valence-corrected chi connectivity index (χ1v) is 16.0. The molecule has 2 aliphatic rings. The van der Waals surface area contributed by atoms with E-state index in [1.807, 2.05) is 43.3 Å². The standard InChI is InChI=1S/C34H36Cl2N6O4/c1-20-13-27(38-29-17-41(11-12-43)10-9-22(20)29)33(45)39-26-8-4-6-24(32(26)36)23-5-3-7-25(31(23)35)28-14-37-30(34(40-28)46-2)18-42-15-21(16-42)19-44/h3-8,13-14,21,43-44H,9-12,15-19H2,1-2H3,(H,39,45). The van der Waals surface area contributed by atoms with Crippen LogP contribution in [-0.4, -0.2) is 87.4 Å². The molecule has 3 N–H and O–H groups in total. The Morgan fingerprint density at radius 3 is 2.52 bits per heavy atom. The molecule has 240 valence electrons. The zero-order chi connectivity index (χ0) is 32.4. The number of aliphatic hydroxyl groups excluding tert-OH is 2. The van der Waals surface area contributed by atoms with Crippen molar-refractivity contribution in [3.05, 3.63) is 86.9 Å². The summed E-state index contributed by atoms with van der Waals surface area (Å²) in [6, 6.07) is 12.8. The number of rotatable bonds is 10. The van der Waals surface area contributed by atoms with Crippen molar-refractivity contribution in [3.63, 3.8) is 0 Å². The maximum absolute atomic E-state index is 13.4. The molecule has 0 unspecified atom stereocenters. The van der Waals surface area contributed by atoms with Crippen LogP contribution < -0.4 is 10.1 Å². The molecule has 4 heterocycles. The molecule has 6 rings (SSSR count). The van der Waals surface area contributed by atoms with Crippen molar-refractivity contribution in [3.8, 4) is 28.3 Å². The SMILES string of the molecule is COc1nc(-c2cccc(-c3cccc(NC(=O)c4cc(C)c5c(n4)CN(CCO)CC5)c3Cl)c2Cl)cnc1CN1CC(CO)C1. The summed E-state index contributed by atoms with van der Waals surface area (Å²) in [6.07, 6.45) is 2.51. The minimum Gasteiger partial charge on any atom is -0.480 e. The van der Waals surface area contributed by atoms with Crippen LogP contribution in [0.2, 0.25) is 10.0 Å². The number of likely N-dealkylation sites (tertiary alicyclic amines) is 1. The largest absolute Gasteiger partial charge is 0.480 e. The highest BCUT2D eigenvalue weighted by Crippen LogP contribution is 2.41. The van der Waals surface area contributed by atoms with Gasteiger partial charge in [-0.2, -0.15) is 0 Å². The van der Waals surface area contributed by atoms with Crippen LogP contribution in [0.4, 0.5) is 5.69 Å². The van der Waals surface area contributed by atoms with Crippen molar-refractivity contribution in [2.24, 2.45) is 5.92 Å². The molecule has 0 bridgehead atoms. The minimum atomic E-state index is -0.364. The third kappa shape index (κ3) is 6.60. The third-order valence-corrected chi connectivity index (χ3v) is 9.43. The van der Waals surface area contributed by atoms with Gasteiger partial charge in [-0.1, -0.05) is 53.5 Å². The van der Waals surface area contributed by atoms with Gasteiger partial charge in [0.1, 0.15) is 11.4 Å². The monoisotopic (exact) mass is 662 g/mol. The predicted octanol–water partition coefficient (Wildman–Crippen LogP) is 4.86. The minimum absolute atomic E-state index is 0.0794. The number of hydrogen-bond donors (Lipinski definition) is 3. The fourth-order valence-corrected chi connectivity index (χ4v) is 6.74. The second kappa shape index (κ2) is 14.0. The lowest BCUT2D eigenvalue weighted by Crippen LogP contribution is -2.47. The molecule has 2 aromatic carbocycles. The molecule has 2 aromatic heterocycles. The lowest BCUT2D eigenvalue weighted by atomic mass is 9.98. The van der Waals surface area contributed by atoms with E-state index in [1.165, 1.54) is 0 Å². The molecule has 0 aliphatic carbocycles.